The highest BCUT2D eigenvalue weighted by Crippen LogP contribution is 2.15. The monoisotopic (exact) mass is 279 g/mol. The Kier molecular flexibility index (Phi) is 6.52. The maximum Gasteiger partial charge on any atom is 0.258 e. The van der Waals surface area contributed by atoms with Gasteiger partial charge in [0.2, 0.25) is 0 Å². The summed E-state index contributed by atoms with van der Waals surface area (Å²) in [5, 5.41) is 12.3. The Bertz CT molecular complexity index is 423. The average Bonchev–Trinajstić information content (AvgIpc) is 2.32. The van der Waals surface area contributed by atoms with Gasteiger partial charge in [-0.3, -0.25) is 4.79 Å². The Labute approximate surface area is 121 Å². The molecule has 0 aliphatic heterocycles. The number of aryl methyl sites for hydroxylation is 2. The van der Waals surface area contributed by atoms with Gasteiger partial charge in [0.1, 0.15) is 5.75 Å². The van der Waals surface area contributed by atoms with E-state index in [1.165, 1.54) is 0 Å². The van der Waals surface area contributed by atoms with Gasteiger partial charge in [0.25, 0.3) is 5.91 Å². The van der Waals surface area contributed by atoms with Gasteiger partial charge in [-0.15, -0.1) is 0 Å². The van der Waals surface area contributed by atoms with Crippen molar-refractivity contribution in [2.45, 2.75) is 40.2 Å². The third kappa shape index (κ3) is 6.57. The van der Waals surface area contributed by atoms with E-state index in [1.807, 2.05) is 39.8 Å². The van der Waals surface area contributed by atoms with Gasteiger partial charge >= 0.3 is 0 Å². The number of carbonyl (C=O) groups excluding carboxylic acids is 1. The summed E-state index contributed by atoms with van der Waals surface area (Å²) < 4.78 is 5.45. The van der Waals surface area contributed by atoms with Crippen LogP contribution in [0.1, 0.15) is 31.4 Å². The molecular weight excluding hydrogens is 254 g/mol. The normalized spacial score (nSPS) is 12.3. The fourth-order valence-corrected chi connectivity index (χ4v) is 2.08. The molecule has 1 aromatic carbocycles. The zero-order valence-electron chi connectivity index (χ0n) is 12.8. The molecule has 0 fully saturated rings. The molecule has 0 aromatic heterocycles. The van der Waals surface area contributed by atoms with Gasteiger partial charge in [-0.2, -0.15) is 0 Å². The Morgan fingerprint density at radius 1 is 1.25 bits per heavy atom. The number of benzene rings is 1. The van der Waals surface area contributed by atoms with Crippen molar-refractivity contribution in [1.29, 1.82) is 0 Å². The van der Waals surface area contributed by atoms with E-state index in [4.69, 9.17) is 4.74 Å². The number of hydrogen-bond donors (Lipinski definition) is 2. The first kappa shape index (κ1) is 16.5. The van der Waals surface area contributed by atoms with Crippen molar-refractivity contribution in [3.8, 4) is 5.75 Å². The number of amides is 1. The molecule has 20 heavy (non-hydrogen) atoms. The minimum absolute atomic E-state index is 0.0305. The van der Waals surface area contributed by atoms with Crippen LogP contribution in [0.3, 0.4) is 0 Å². The van der Waals surface area contributed by atoms with Crippen LogP contribution in [-0.4, -0.2) is 30.3 Å². The first-order valence-electron chi connectivity index (χ1n) is 7.02. The minimum atomic E-state index is -0.500. The molecule has 2 N–H and O–H groups in total. The van der Waals surface area contributed by atoms with Gasteiger partial charge in [-0.25, -0.2) is 0 Å². The molecule has 0 heterocycles. The van der Waals surface area contributed by atoms with Crippen molar-refractivity contribution in [1.82, 2.24) is 5.32 Å². The predicted molar refractivity (Wildman–Crippen MR) is 79.9 cm³/mol. The summed E-state index contributed by atoms with van der Waals surface area (Å²) in [5.41, 5.74) is 2.21. The Morgan fingerprint density at radius 3 is 2.40 bits per heavy atom. The molecule has 0 saturated carbocycles. The number of carbonyl (C=O) groups is 1. The zero-order valence-corrected chi connectivity index (χ0v) is 12.8. The van der Waals surface area contributed by atoms with Crippen LogP contribution in [0.25, 0.3) is 0 Å². The highest BCUT2D eigenvalue weighted by atomic mass is 16.5. The molecule has 1 rings (SSSR count). The second kappa shape index (κ2) is 7.90. The molecule has 0 spiro atoms. The number of rotatable bonds is 7. The topological polar surface area (TPSA) is 58.6 Å². The number of aliphatic hydroxyl groups excluding tert-OH is 1. The summed E-state index contributed by atoms with van der Waals surface area (Å²) in [6.45, 7) is 8.29. The van der Waals surface area contributed by atoms with Crippen molar-refractivity contribution in [2.24, 2.45) is 5.92 Å². The molecule has 0 bridgehead atoms. The van der Waals surface area contributed by atoms with E-state index < -0.39 is 6.10 Å². The molecule has 1 amide bonds. The first-order valence-corrected chi connectivity index (χ1v) is 7.02. The number of nitrogens with one attached hydrogen (secondary N) is 1. The molecule has 0 radical (unpaired) electrons. The van der Waals surface area contributed by atoms with E-state index in [9.17, 15) is 9.90 Å². The largest absolute Gasteiger partial charge is 0.484 e. The molecule has 1 unspecified atom stereocenters. The van der Waals surface area contributed by atoms with Gasteiger partial charge in [0.15, 0.2) is 6.61 Å². The van der Waals surface area contributed by atoms with Gasteiger partial charge in [-0.1, -0.05) is 19.9 Å². The third-order valence-corrected chi connectivity index (χ3v) is 2.84. The summed E-state index contributed by atoms with van der Waals surface area (Å²) in [4.78, 5) is 11.6. The van der Waals surface area contributed by atoms with Crippen LogP contribution in [-0.2, 0) is 4.79 Å². The van der Waals surface area contributed by atoms with E-state index in [0.717, 1.165) is 11.1 Å². The fraction of sp³-hybridized carbons (Fsp3) is 0.562. The lowest BCUT2D eigenvalue weighted by atomic mass is 10.1. The quantitative estimate of drug-likeness (QED) is 0.804. The Hall–Kier alpha value is -1.55. The van der Waals surface area contributed by atoms with Crippen LogP contribution in [0.4, 0.5) is 0 Å². The summed E-state index contributed by atoms with van der Waals surface area (Å²) >= 11 is 0. The second-order valence-corrected chi connectivity index (χ2v) is 5.70. The lowest BCUT2D eigenvalue weighted by Crippen LogP contribution is -2.35. The standard InChI is InChI=1S/C16H25NO3/c1-11(2)5-14(18)9-17-16(19)10-20-15-7-12(3)6-13(4)8-15/h6-8,11,14,18H,5,9-10H2,1-4H3,(H,17,19). The number of aliphatic hydroxyl groups is 1. The number of ether oxygens (including phenoxy) is 1. The van der Waals surface area contributed by atoms with Crippen LogP contribution >= 0.6 is 0 Å². The highest BCUT2D eigenvalue weighted by Gasteiger charge is 2.09. The van der Waals surface area contributed by atoms with Crippen LogP contribution in [0.2, 0.25) is 0 Å². The van der Waals surface area contributed by atoms with E-state index >= 15 is 0 Å². The summed E-state index contributed by atoms with van der Waals surface area (Å²) in [6, 6.07) is 5.84. The van der Waals surface area contributed by atoms with Crippen LogP contribution in [0.5, 0.6) is 5.75 Å². The average molecular weight is 279 g/mol. The summed E-state index contributed by atoms with van der Waals surface area (Å²) in [5.74, 6) is 0.890. The smallest absolute Gasteiger partial charge is 0.258 e. The first-order chi connectivity index (χ1) is 9.36. The fourth-order valence-electron chi connectivity index (χ4n) is 2.08. The molecule has 0 aliphatic carbocycles. The molecular formula is C16H25NO3. The molecule has 0 saturated heterocycles. The molecule has 1 aromatic rings. The molecule has 4 heteroatoms. The summed E-state index contributed by atoms with van der Waals surface area (Å²) in [6.07, 6.45) is 0.179. The van der Waals surface area contributed by atoms with Gasteiger partial charge in [0.05, 0.1) is 6.10 Å². The Morgan fingerprint density at radius 2 is 1.85 bits per heavy atom. The van der Waals surface area contributed by atoms with Crippen molar-refractivity contribution in [2.75, 3.05) is 13.2 Å². The lowest BCUT2D eigenvalue weighted by molar-refractivity contribution is -0.123. The molecule has 112 valence electrons. The minimum Gasteiger partial charge on any atom is -0.484 e. The number of hydrogen-bond acceptors (Lipinski definition) is 3. The SMILES string of the molecule is Cc1cc(C)cc(OCC(=O)NCC(O)CC(C)C)c1. The molecule has 0 aliphatic rings. The van der Waals surface area contributed by atoms with Crippen LogP contribution in [0, 0.1) is 19.8 Å². The maximum atomic E-state index is 11.6. The lowest BCUT2D eigenvalue weighted by Gasteiger charge is -2.14. The van der Waals surface area contributed by atoms with Gasteiger partial charge in [0, 0.05) is 6.54 Å². The van der Waals surface area contributed by atoms with Gasteiger partial charge in [-0.05, 0) is 49.4 Å². The zero-order chi connectivity index (χ0) is 15.1. The third-order valence-electron chi connectivity index (χ3n) is 2.84. The van der Waals surface area contributed by atoms with Crippen molar-refractivity contribution >= 4 is 5.91 Å². The molecule has 1 atom stereocenters. The van der Waals surface area contributed by atoms with E-state index in [-0.39, 0.29) is 19.1 Å². The van der Waals surface area contributed by atoms with Crippen LogP contribution < -0.4 is 10.1 Å². The van der Waals surface area contributed by atoms with Crippen molar-refractivity contribution in [3.63, 3.8) is 0 Å². The van der Waals surface area contributed by atoms with E-state index in [1.54, 1.807) is 0 Å². The maximum absolute atomic E-state index is 11.6. The molecule has 4 nitrogen and oxygen atoms in total. The highest BCUT2D eigenvalue weighted by molar-refractivity contribution is 5.77. The van der Waals surface area contributed by atoms with Gasteiger partial charge < -0.3 is 15.2 Å². The van der Waals surface area contributed by atoms with Crippen LogP contribution in [0.15, 0.2) is 18.2 Å². The van der Waals surface area contributed by atoms with Crippen molar-refractivity contribution < 1.29 is 14.6 Å². The predicted octanol–water partition coefficient (Wildman–Crippen LogP) is 2.21. The van der Waals surface area contributed by atoms with E-state index in [2.05, 4.69) is 11.4 Å². The van der Waals surface area contributed by atoms with Crippen molar-refractivity contribution in [3.05, 3.63) is 29.3 Å². The van der Waals surface area contributed by atoms with E-state index in [0.29, 0.717) is 18.1 Å². The summed E-state index contributed by atoms with van der Waals surface area (Å²) in [7, 11) is 0. The Balaban J connectivity index is 2.32. The second-order valence-electron chi connectivity index (χ2n) is 5.70.